The van der Waals surface area contributed by atoms with Crippen LogP contribution in [0.2, 0.25) is 0 Å². The lowest BCUT2D eigenvalue weighted by molar-refractivity contribution is 0.102. The molecule has 128 valence electrons. The van der Waals surface area contributed by atoms with Gasteiger partial charge in [-0.15, -0.1) is 10.2 Å². The largest absolute Gasteiger partial charge is 0.336 e. The number of urea groups is 1. The van der Waals surface area contributed by atoms with E-state index in [1.165, 1.54) is 11.3 Å². The van der Waals surface area contributed by atoms with E-state index >= 15 is 0 Å². The fourth-order valence-electron chi connectivity index (χ4n) is 1.99. The van der Waals surface area contributed by atoms with E-state index in [4.69, 9.17) is 0 Å². The summed E-state index contributed by atoms with van der Waals surface area (Å²) in [6.45, 7) is 5.78. The van der Waals surface area contributed by atoms with E-state index < -0.39 is 0 Å². The first-order chi connectivity index (χ1) is 11.5. The zero-order valence-corrected chi connectivity index (χ0v) is 14.7. The maximum absolute atomic E-state index is 12.5. The van der Waals surface area contributed by atoms with Crippen LogP contribution in [0.3, 0.4) is 0 Å². The van der Waals surface area contributed by atoms with Gasteiger partial charge in [0.05, 0.1) is 11.3 Å². The van der Waals surface area contributed by atoms with Gasteiger partial charge in [0.25, 0.3) is 5.91 Å². The van der Waals surface area contributed by atoms with Crippen molar-refractivity contribution >= 4 is 34.1 Å². The normalized spacial score (nSPS) is 10.5. The molecule has 0 spiro atoms. The number of carbonyl (C=O) groups is 2. The highest BCUT2D eigenvalue weighted by Crippen LogP contribution is 2.20. The number of rotatable bonds is 6. The van der Waals surface area contributed by atoms with E-state index in [1.54, 1.807) is 24.3 Å². The molecule has 8 heteroatoms. The Morgan fingerprint density at radius 3 is 2.62 bits per heavy atom. The van der Waals surface area contributed by atoms with Gasteiger partial charge in [-0.3, -0.25) is 10.1 Å². The average molecular weight is 347 g/mol. The molecule has 0 saturated heterocycles. The molecule has 0 unspecified atom stereocenters. The van der Waals surface area contributed by atoms with Crippen LogP contribution in [0.15, 0.2) is 24.3 Å². The Labute approximate surface area is 144 Å². The van der Waals surface area contributed by atoms with Gasteiger partial charge < -0.3 is 10.6 Å². The minimum Gasteiger partial charge on any atom is -0.336 e. The first-order valence-electron chi connectivity index (χ1n) is 7.80. The van der Waals surface area contributed by atoms with Gasteiger partial charge in [0.1, 0.15) is 5.01 Å². The minimum absolute atomic E-state index is 0.00404. The second-order valence-corrected chi connectivity index (χ2v) is 6.57. The van der Waals surface area contributed by atoms with Gasteiger partial charge in [-0.25, -0.2) is 4.79 Å². The number of aryl methyl sites for hydroxylation is 1. The Balaban J connectivity index is 2.09. The van der Waals surface area contributed by atoms with Crippen LogP contribution in [-0.4, -0.2) is 28.2 Å². The van der Waals surface area contributed by atoms with Gasteiger partial charge >= 0.3 is 6.03 Å². The molecule has 0 bridgehead atoms. The summed E-state index contributed by atoms with van der Waals surface area (Å²) in [4.78, 5) is 24.3. The number of aromatic nitrogens is 2. The van der Waals surface area contributed by atoms with Gasteiger partial charge in [0.15, 0.2) is 0 Å². The number of carbonyl (C=O) groups excluding carboxylic acids is 2. The maximum atomic E-state index is 12.5. The number of nitrogens with one attached hydrogen (secondary N) is 3. The summed E-state index contributed by atoms with van der Waals surface area (Å²) >= 11 is 1.35. The molecular formula is C16H21N5O2S. The average Bonchev–Trinajstić information content (AvgIpc) is 2.94. The number of anilines is 2. The van der Waals surface area contributed by atoms with Crippen molar-refractivity contribution in [2.75, 3.05) is 10.6 Å². The maximum Gasteiger partial charge on any atom is 0.319 e. The fourth-order valence-corrected chi connectivity index (χ4v) is 2.83. The highest BCUT2D eigenvalue weighted by molar-refractivity contribution is 7.15. The van der Waals surface area contributed by atoms with Crippen LogP contribution in [0.25, 0.3) is 0 Å². The van der Waals surface area contributed by atoms with Crippen molar-refractivity contribution in [1.82, 2.24) is 15.5 Å². The number of hydrogen-bond acceptors (Lipinski definition) is 5. The molecule has 0 atom stereocenters. The third kappa shape index (κ3) is 5.02. The molecule has 1 heterocycles. The van der Waals surface area contributed by atoms with Crippen molar-refractivity contribution in [1.29, 1.82) is 0 Å². The summed E-state index contributed by atoms with van der Waals surface area (Å²) in [6.07, 6.45) is 1.81. The van der Waals surface area contributed by atoms with E-state index in [-0.39, 0.29) is 18.0 Å². The minimum atomic E-state index is -0.355. The Morgan fingerprint density at radius 2 is 1.92 bits per heavy atom. The Kier molecular flexibility index (Phi) is 6.25. The molecule has 0 radical (unpaired) electrons. The fraction of sp³-hybridized carbons (Fsp3) is 0.375. The molecule has 2 aromatic rings. The van der Waals surface area contributed by atoms with Crippen molar-refractivity contribution < 1.29 is 9.59 Å². The molecular weight excluding hydrogens is 326 g/mol. The molecule has 24 heavy (non-hydrogen) atoms. The quantitative estimate of drug-likeness (QED) is 0.747. The molecule has 0 aliphatic heterocycles. The van der Waals surface area contributed by atoms with Crippen LogP contribution < -0.4 is 16.0 Å². The van der Waals surface area contributed by atoms with Gasteiger partial charge in [-0.2, -0.15) is 0 Å². The molecule has 1 aromatic carbocycles. The molecule has 7 nitrogen and oxygen atoms in total. The van der Waals surface area contributed by atoms with E-state index in [0.29, 0.717) is 16.4 Å². The lowest BCUT2D eigenvalue weighted by Crippen LogP contribution is -2.34. The topological polar surface area (TPSA) is 96.0 Å². The molecule has 0 saturated carbocycles. The van der Waals surface area contributed by atoms with Crippen molar-refractivity contribution in [3.8, 4) is 0 Å². The van der Waals surface area contributed by atoms with Crippen molar-refractivity contribution in [2.24, 2.45) is 0 Å². The van der Waals surface area contributed by atoms with Crippen molar-refractivity contribution in [3.05, 3.63) is 34.8 Å². The number of nitrogens with zero attached hydrogens (tertiary/aromatic N) is 2. The molecule has 0 fully saturated rings. The van der Waals surface area contributed by atoms with Gasteiger partial charge in [-0.1, -0.05) is 30.4 Å². The molecule has 1 aromatic heterocycles. The van der Waals surface area contributed by atoms with E-state index in [9.17, 15) is 9.59 Å². The predicted octanol–water partition coefficient (Wildman–Crippen LogP) is 3.27. The Hall–Kier alpha value is -2.48. The van der Waals surface area contributed by atoms with E-state index in [0.717, 1.165) is 17.8 Å². The standard InChI is InChI=1S/C16H21N5O2S/c1-4-7-13-20-21-16(24-13)19-14(22)11-8-5-6-9-12(11)18-15(23)17-10(2)3/h5-6,8-10H,4,7H2,1-3H3,(H2,17,18,23)(H,19,21,22). The first-order valence-corrected chi connectivity index (χ1v) is 8.61. The smallest absolute Gasteiger partial charge is 0.319 e. The number of amides is 3. The third-order valence-corrected chi connectivity index (χ3v) is 3.89. The van der Waals surface area contributed by atoms with Crippen molar-refractivity contribution in [2.45, 2.75) is 39.7 Å². The Bertz CT molecular complexity index is 714. The van der Waals surface area contributed by atoms with Crippen LogP contribution in [0.4, 0.5) is 15.6 Å². The van der Waals surface area contributed by atoms with Gasteiger partial charge in [-0.05, 0) is 32.4 Å². The summed E-state index contributed by atoms with van der Waals surface area (Å²) in [5.74, 6) is -0.338. The lowest BCUT2D eigenvalue weighted by atomic mass is 10.1. The van der Waals surface area contributed by atoms with Crippen LogP contribution in [0.1, 0.15) is 42.6 Å². The summed E-state index contributed by atoms with van der Waals surface area (Å²) < 4.78 is 0. The predicted molar refractivity (Wildman–Crippen MR) is 95.6 cm³/mol. The Morgan fingerprint density at radius 1 is 1.17 bits per heavy atom. The summed E-state index contributed by atoms with van der Waals surface area (Å²) in [5, 5.41) is 17.5. The highest BCUT2D eigenvalue weighted by Gasteiger charge is 2.15. The zero-order valence-electron chi connectivity index (χ0n) is 13.9. The second-order valence-electron chi connectivity index (χ2n) is 5.50. The first kappa shape index (κ1) is 17.9. The summed E-state index contributed by atoms with van der Waals surface area (Å²) in [5.41, 5.74) is 0.801. The third-order valence-electron chi connectivity index (χ3n) is 2.99. The van der Waals surface area contributed by atoms with Crippen LogP contribution >= 0.6 is 11.3 Å². The number of para-hydroxylation sites is 1. The number of hydrogen-bond donors (Lipinski definition) is 3. The van der Waals surface area contributed by atoms with E-state index in [2.05, 4.69) is 33.1 Å². The molecule has 2 rings (SSSR count). The van der Waals surface area contributed by atoms with Crippen LogP contribution in [-0.2, 0) is 6.42 Å². The molecule has 3 amide bonds. The SMILES string of the molecule is CCCc1nnc(NC(=O)c2ccccc2NC(=O)NC(C)C)s1. The van der Waals surface area contributed by atoms with E-state index in [1.807, 2.05) is 13.8 Å². The van der Waals surface area contributed by atoms with Gasteiger partial charge in [0, 0.05) is 12.5 Å². The monoisotopic (exact) mass is 347 g/mol. The highest BCUT2D eigenvalue weighted by atomic mass is 32.1. The molecule has 3 N–H and O–H groups in total. The zero-order chi connectivity index (χ0) is 17.5. The van der Waals surface area contributed by atoms with Crippen LogP contribution in [0, 0.1) is 0 Å². The van der Waals surface area contributed by atoms with Crippen molar-refractivity contribution in [3.63, 3.8) is 0 Å². The second kappa shape index (κ2) is 8.39. The summed E-state index contributed by atoms with van der Waals surface area (Å²) in [7, 11) is 0. The van der Waals surface area contributed by atoms with Crippen LogP contribution in [0.5, 0.6) is 0 Å². The molecule has 0 aliphatic carbocycles. The summed E-state index contributed by atoms with van der Waals surface area (Å²) in [6, 6.07) is 6.47. The molecule has 0 aliphatic rings. The lowest BCUT2D eigenvalue weighted by Gasteiger charge is -2.13. The van der Waals surface area contributed by atoms with Gasteiger partial charge in [0.2, 0.25) is 5.13 Å². The number of benzene rings is 1.